The molecule has 0 radical (unpaired) electrons. The predicted octanol–water partition coefficient (Wildman–Crippen LogP) is 7.37. The maximum atomic E-state index is 12.4. The number of carbonyl (C=O) groups excluding carboxylic acids is 2. The molecule has 0 saturated carbocycles. The first kappa shape index (κ1) is 39.4. The molecule has 12 nitrogen and oxygen atoms in total. The summed E-state index contributed by atoms with van der Waals surface area (Å²) in [5.41, 5.74) is 13.7. The van der Waals surface area contributed by atoms with Gasteiger partial charge in [0.15, 0.2) is 19.7 Å². The molecule has 0 bridgehead atoms. The lowest BCUT2D eigenvalue weighted by atomic mass is 10.0. The van der Waals surface area contributed by atoms with Crippen LogP contribution in [0.5, 0.6) is 0 Å². The van der Waals surface area contributed by atoms with Gasteiger partial charge in [0.2, 0.25) is 0 Å². The van der Waals surface area contributed by atoms with Crippen LogP contribution in [0.2, 0.25) is 0 Å². The fraction of sp³-hybridized carbons (Fsp3) is 0.278. The molecule has 2 amide bonds. The normalized spacial score (nSPS) is 11.8. The number of hydrogen-bond acceptors (Lipinski definition) is 10. The molecule has 0 aliphatic heterocycles. The van der Waals surface area contributed by atoms with E-state index in [0.717, 1.165) is 11.8 Å². The molecule has 50 heavy (non-hydrogen) atoms. The van der Waals surface area contributed by atoms with Crippen LogP contribution >= 0.6 is 0 Å². The third-order valence-corrected chi connectivity index (χ3v) is 8.88. The van der Waals surface area contributed by atoms with Gasteiger partial charge in [-0.05, 0) is 89.1 Å². The van der Waals surface area contributed by atoms with E-state index in [1.54, 1.807) is 120 Å². The van der Waals surface area contributed by atoms with Crippen LogP contribution in [0.25, 0.3) is 22.3 Å². The Labute approximate surface area is 294 Å². The Bertz CT molecular complexity index is 2100. The monoisotopic (exact) mass is 724 g/mol. The summed E-state index contributed by atoms with van der Waals surface area (Å²) < 4.78 is 58.5. The topological polar surface area (TPSA) is 197 Å². The molecule has 0 spiro atoms. The van der Waals surface area contributed by atoms with Gasteiger partial charge < -0.3 is 20.9 Å². The number of benzene rings is 4. The molecule has 0 saturated heterocycles. The van der Waals surface area contributed by atoms with Gasteiger partial charge in [0.05, 0.1) is 32.5 Å². The quantitative estimate of drug-likeness (QED) is 0.146. The third kappa shape index (κ3) is 11.5. The summed E-state index contributed by atoms with van der Waals surface area (Å²) in [6.45, 7) is 10.4. The second kappa shape index (κ2) is 15.2. The van der Waals surface area contributed by atoms with Crippen LogP contribution in [0, 0.1) is 0 Å². The van der Waals surface area contributed by atoms with Gasteiger partial charge in [-0.2, -0.15) is 0 Å². The van der Waals surface area contributed by atoms with Crippen LogP contribution in [0.4, 0.5) is 32.3 Å². The first-order valence-corrected chi connectivity index (χ1v) is 19.1. The maximum Gasteiger partial charge on any atom is 0.412 e. The molecule has 4 aromatic carbocycles. The predicted molar refractivity (Wildman–Crippen MR) is 199 cm³/mol. The molecule has 0 atom stereocenters. The average Bonchev–Trinajstić information content (AvgIpc) is 2.97. The van der Waals surface area contributed by atoms with Gasteiger partial charge >= 0.3 is 12.2 Å². The summed E-state index contributed by atoms with van der Waals surface area (Å²) in [7, 11) is -6.77. The van der Waals surface area contributed by atoms with Gasteiger partial charge in [0.25, 0.3) is 0 Å². The first-order valence-electron chi connectivity index (χ1n) is 15.3. The number of nitrogens with two attached hydrogens (primary N) is 2. The zero-order valence-corrected chi connectivity index (χ0v) is 31.0. The Morgan fingerprint density at radius 2 is 0.960 bits per heavy atom. The molecule has 0 aromatic heterocycles. The van der Waals surface area contributed by atoms with E-state index in [0.29, 0.717) is 28.1 Å². The van der Waals surface area contributed by atoms with Crippen molar-refractivity contribution >= 4 is 54.6 Å². The van der Waals surface area contributed by atoms with Crippen molar-refractivity contribution in [3.63, 3.8) is 0 Å². The van der Waals surface area contributed by atoms with Crippen molar-refractivity contribution in [2.75, 3.05) is 34.6 Å². The fourth-order valence-corrected chi connectivity index (χ4v) is 6.37. The van der Waals surface area contributed by atoms with Crippen molar-refractivity contribution in [3.05, 3.63) is 84.9 Å². The van der Waals surface area contributed by atoms with E-state index in [4.69, 9.17) is 20.9 Å². The Balaban J connectivity index is 0.000000316. The van der Waals surface area contributed by atoms with Crippen LogP contribution < -0.4 is 22.1 Å². The van der Waals surface area contributed by atoms with E-state index in [1.165, 1.54) is 12.3 Å². The largest absolute Gasteiger partial charge is 0.444 e. The minimum absolute atomic E-state index is 0.149. The Hall–Kier alpha value is -5.08. The summed E-state index contributed by atoms with van der Waals surface area (Å²) in [5, 5.41) is 5.23. The third-order valence-electron chi connectivity index (χ3n) is 6.57. The number of carbonyl (C=O) groups is 2. The van der Waals surface area contributed by atoms with Gasteiger partial charge in [-0.25, -0.2) is 26.4 Å². The molecular formula is C36H44N4O8S2. The molecule has 4 aromatic rings. The molecule has 0 aliphatic carbocycles. The number of nitrogen functional groups attached to an aromatic ring is 2. The van der Waals surface area contributed by atoms with Gasteiger partial charge in [0.1, 0.15) is 11.2 Å². The van der Waals surface area contributed by atoms with Gasteiger partial charge in [-0.15, -0.1) is 0 Å². The van der Waals surface area contributed by atoms with Crippen molar-refractivity contribution in [2.24, 2.45) is 0 Å². The van der Waals surface area contributed by atoms with Gasteiger partial charge in [-0.3, -0.25) is 10.6 Å². The smallest absolute Gasteiger partial charge is 0.412 e. The lowest BCUT2D eigenvalue weighted by molar-refractivity contribution is 0.0621. The number of amides is 2. The van der Waals surface area contributed by atoms with E-state index in [1.807, 2.05) is 0 Å². The molecule has 0 fully saturated rings. The molecule has 0 heterocycles. The molecule has 14 heteroatoms. The van der Waals surface area contributed by atoms with Crippen molar-refractivity contribution in [2.45, 2.75) is 62.5 Å². The minimum Gasteiger partial charge on any atom is -0.444 e. The van der Waals surface area contributed by atoms with E-state index in [9.17, 15) is 26.4 Å². The van der Waals surface area contributed by atoms with Gasteiger partial charge in [-0.1, -0.05) is 48.5 Å². The molecule has 0 aliphatic rings. The van der Waals surface area contributed by atoms with Crippen molar-refractivity contribution in [1.29, 1.82) is 0 Å². The van der Waals surface area contributed by atoms with Crippen LogP contribution in [0.15, 0.2) is 94.7 Å². The number of hydrogen-bond donors (Lipinski definition) is 4. The highest BCUT2D eigenvalue weighted by atomic mass is 32.2. The molecule has 0 unspecified atom stereocenters. The Morgan fingerprint density at radius 3 is 1.38 bits per heavy atom. The Kier molecular flexibility index (Phi) is 12.0. The fourth-order valence-electron chi connectivity index (χ4n) is 4.55. The molecule has 268 valence electrons. The second-order valence-electron chi connectivity index (χ2n) is 13.4. The highest BCUT2D eigenvalue weighted by Gasteiger charge is 2.22. The molecule has 6 N–H and O–H groups in total. The first-order chi connectivity index (χ1) is 22.9. The summed E-state index contributed by atoms with van der Waals surface area (Å²) in [4.78, 5) is 25.1. The van der Waals surface area contributed by atoms with Crippen molar-refractivity contribution < 1.29 is 35.9 Å². The summed E-state index contributed by atoms with van der Waals surface area (Å²) in [6, 6.07) is 23.2. The highest BCUT2D eigenvalue weighted by molar-refractivity contribution is 7.91. The lowest BCUT2D eigenvalue weighted by Gasteiger charge is -2.22. The standard InChI is InChI=1S/C23H30N2O6S.C13H14N2O2S/c1-22(2,3)30-20(26)24-17-13-12-15(14-18(17)25-21(27)31-23(4,5)6)16-10-8-9-11-19(16)32(7,28)29;1-18(16,17)13-5-3-2-4-10(13)9-6-7-11(14)12(15)8-9/h8-14H,1-7H3,(H,24,26)(H,25,27);2-8H,14-15H2,1H3. The highest BCUT2D eigenvalue weighted by Crippen LogP contribution is 2.34. The Morgan fingerprint density at radius 1 is 0.560 bits per heavy atom. The summed E-state index contributed by atoms with van der Waals surface area (Å²) in [5.74, 6) is 0. The van der Waals surface area contributed by atoms with E-state index < -0.39 is 43.1 Å². The van der Waals surface area contributed by atoms with Gasteiger partial charge in [0, 0.05) is 23.6 Å². The SMILES string of the molecule is CC(C)(C)OC(=O)Nc1ccc(-c2ccccc2S(C)(=O)=O)cc1NC(=O)OC(C)(C)C.CS(=O)(=O)c1ccccc1-c1ccc(N)c(N)c1. The van der Waals surface area contributed by atoms with Crippen LogP contribution in [0.1, 0.15) is 41.5 Å². The second-order valence-corrected chi connectivity index (χ2v) is 17.4. The number of ether oxygens (including phenoxy) is 2. The number of sulfone groups is 2. The molecular weight excluding hydrogens is 681 g/mol. The summed E-state index contributed by atoms with van der Waals surface area (Å²) in [6.07, 6.45) is 0.892. The van der Waals surface area contributed by atoms with E-state index in [-0.39, 0.29) is 21.2 Å². The average molecular weight is 725 g/mol. The maximum absolute atomic E-state index is 12.4. The van der Waals surface area contributed by atoms with Crippen molar-refractivity contribution in [3.8, 4) is 22.3 Å². The van der Waals surface area contributed by atoms with Crippen LogP contribution in [-0.2, 0) is 29.1 Å². The number of nitrogens with one attached hydrogen (secondary N) is 2. The minimum atomic E-state index is -3.49. The number of rotatable bonds is 6. The van der Waals surface area contributed by atoms with Crippen LogP contribution in [-0.4, -0.2) is 52.7 Å². The van der Waals surface area contributed by atoms with E-state index in [2.05, 4.69) is 10.6 Å². The van der Waals surface area contributed by atoms with E-state index >= 15 is 0 Å². The summed E-state index contributed by atoms with van der Waals surface area (Å²) >= 11 is 0. The lowest BCUT2D eigenvalue weighted by Crippen LogP contribution is -2.29. The zero-order chi connectivity index (χ0) is 37.7. The number of anilines is 4. The van der Waals surface area contributed by atoms with Crippen molar-refractivity contribution in [1.82, 2.24) is 0 Å². The van der Waals surface area contributed by atoms with Crippen LogP contribution in [0.3, 0.4) is 0 Å². The zero-order valence-electron chi connectivity index (χ0n) is 29.3. The molecule has 4 rings (SSSR count).